The third-order valence-electron chi connectivity index (χ3n) is 6.30. The van der Waals surface area contributed by atoms with Gasteiger partial charge in [-0.15, -0.1) is 0 Å². The molecule has 0 spiro atoms. The second-order valence-electron chi connectivity index (χ2n) is 8.71. The maximum Gasteiger partial charge on any atom is 0.323 e. The van der Waals surface area contributed by atoms with Crippen LogP contribution in [0.15, 0.2) is 91.4 Å². The van der Waals surface area contributed by atoms with Gasteiger partial charge in [-0.25, -0.2) is 14.8 Å². The van der Waals surface area contributed by atoms with Crippen LogP contribution in [0.2, 0.25) is 5.02 Å². The average molecular weight is 495 g/mol. The Morgan fingerprint density at radius 3 is 2.58 bits per heavy atom. The molecule has 1 aliphatic rings. The fourth-order valence-electron chi connectivity index (χ4n) is 4.53. The Hall–Kier alpha value is -4.36. The van der Waals surface area contributed by atoms with Crippen molar-refractivity contribution in [1.29, 1.82) is 0 Å². The van der Waals surface area contributed by atoms with Crippen LogP contribution in [-0.2, 0) is 13.0 Å². The quantitative estimate of drug-likeness (QED) is 0.309. The molecule has 2 aromatic heterocycles. The summed E-state index contributed by atoms with van der Waals surface area (Å²) in [6.07, 6.45) is 6.67. The summed E-state index contributed by atoms with van der Waals surface area (Å²) in [7, 11) is 0. The van der Waals surface area contributed by atoms with Crippen LogP contribution in [0.3, 0.4) is 0 Å². The van der Waals surface area contributed by atoms with Crippen molar-refractivity contribution < 1.29 is 4.79 Å². The van der Waals surface area contributed by atoms with Crippen LogP contribution >= 0.6 is 11.6 Å². The number of rotatable bonds is 4. The van der Waals surface area contributed by atoms with Crippen LogP contribution in [0, 0.1) is 0 Å². The van der Waals surface area contributed by atoms with Gasteiger partial charge in [0.1, 0.15) is 0 Å². The van der Waals surface area contributed by atoms with Crippen molar-refractivity contribution in [3.63, 3.8) is 0 Å². The van der Waals surface area contributed by atoms with Gasteiger partial charge in [0.15, 0.2) is 11.5 Å². The fraction of sp³-hybridized carbons (Fsp3) is 0.107. The fourth-order valence-corrected chi connectivity index (χ4v) is 4.65. The monoisotopic (exact) mass is 494 g/mol. The zero-order chi connectivity index (χ0) is 24.5. The Morgan fingerprint density at radius 1 is 0.917 bits per heavy atom. The molecular formula is C28H23ClN6O. The van der Waals surface area contributed by atoms with E-state index in [2.05, 4.69) is 44.8 Å². The lowest BCUT2D eigenvalue weighted by molar-refractivity contribution is 0.262. The smallest absolute Gasteiger partial charge is 0.323 e. The molecule has 7 nitrogen and oxygen atoms in total. The predicted octanol–water partition coefficient (Wildman–Crippen LogP) is 6.26. The Bertz CT molecular complexity index is 1560. The normalized spacial score (nSPS) is 12.9. The molecule has 6 rings (SSSR count). The molecule has 0 bridgehead atoms. The van der Waals surface area contributed by atoms with Gasteiger partial charge >= 0.3 is 6.03 Å². The summed E-state index contributed by atoms with van der Waals surface area (Å²) in [5, 5.41) is 6.33. The molecule has 2 N–H and O–H groups in total. The minimum absolute atomic E-state index is 0.333. The molecule has 36 heavy (non-hydrogen) atoms. The summed E-state index contributed by atoms with van der Waals surface area (Å²) >= 11 is 5.92. The third-order valence-corrected chi connectivity index (χ3v) is 6.56. The number of urea groups is 1. The van der Waals surface area contributed by atoms with Crippen LogP contribution in [-0.4, -0.2) is 26.9 Å². The minimum Gasteiger partial charge on any atom is -0.349 e. The van der Waals surface area contributed by atoms with Crippen LogP contribution in [0.5, 0.6) is 0 Å². The lowest BCUT2D eigenvalue weighted by Crippen LogP contribution is -2.31. The van der Waals surface area contributed by atoms with Gasteiger partial charge in [-0.3, -0.25) is 0 Å². The number of benzene rings is 3. The zero-order valence-corrected chi connectivity index (χ0v) is 20.1. The second kappa shape index (κ2) is 9.36. The number of nitrogens with one attached hydrogen (secondary N) is 2. The van der Waals surface area contributed by atoms with Crippen LogP contribution < -0.4 is 15.5 Å². The van der Waals surface area contributed by atoms with Gasteiger partial charge in [-0.05, 0) is 53.9 Å². The highest BCUT2D eigenvalue weighted by molar-refractivity contribution is 6.30. The van der Waals surface area contributed by atoms with Crippen LogP contribution in [0.1, 0.15) is 11.1 Å². The van der Waals surface area contributed by atoms with Crippen LogP contribution in [0.4, 0.5) is 22.0 Å². The molecule has 5 aromatic rings. The van der Waals surface area contributed by atoms with E-state index in [1.54, 1.807) is 30.5 Å². The number of fused-ring (bicyclic) bond motifs is 2. The number of carbonyl (C=O) groups is 1. The largest absolute Gasteiger partial charge is 0.349 e. The first-order valence-electron chi connectivity index (χ1n) is 11.7. The molecular weight excluding hydrogens is 472 g/mol. The number of aromatic nitrogens is 3. The maximum atomic E-state index is 12.5. The summed E-state index contributed by atoms with van der Waals surface area (Å²) in [5.41, 5.74) is 6.56. The van der Waals surface area contributed by atoms with E-state index in [9.17, 15) is 4.79 Å². The highest BCUT2D eigenvalue weighted by atomic mass is 35.5. The first-order valence-corrected chi connectivity index (χ1v) is 12.1. The Labute approximate surface area is 213 Å². The van der Waals surface area contributed by atoms with Crippen molar-refractivity contribution in [3.8, 4) is 11.3 Å². The highest BCUT2D eigenvalue weighted by Gasteiger charge is 2.21. The summed E-state index contributed by atoms with van der Waals surface area (Å²) in [6.45, 7) is 1.67. The molecule has 2 amide bonds. The van der Waals surface area contributed by atoms with Crippen molar-refractivity contribution in [1.82, 2.24) is 14.4 Å². The van der Waals surface area contributed by atoms with Crippen molar-refractivity contribution in [3.05, 3.63) is 108 Å². The molecule has 0 aliphatic carbocycles. The van der Waals surface area contributed by atoms with E-state index < -0.39 is 0 Å². The molecule has 8 heteroatoms. The van der Waals surface area contributed by atoms with E-state index in [-0.39, 0.29) is 6.03 Å². The lowest BCUT2D eigenvalue weighted by Gasteiger charge is -2.30. The highest BCUT2D eigenvalue weighted by Crippen LogP contribution is 2.29. The number of hydrogen-bond donors (Lipinski definition) is 2. The third kappa shape index (κ3) is 4.48. The minimum atomic E-state index is -0.333. The summed E-state index contributed by atoms with van der Waals surface area (Å²) in [6, 6.07) is 22.9. The van der Waals surface area contributed by atoms with Crippen LogP contribution in [0.25, 0.3) is 16.9 Å². The SMILES string of the molecule is O=C(Nc1ccc(Cl)cc1)Nc1cccc(-c2cn3ccnc3c(N3CCc4ccccc4C3)n2)c1. The number of carbonyl (C=O) groups excluding carboxylic acids is 1. The molecule has 0 saturated carbocycles. The Morgan fingerprint density at radius 2 is 1.72 bits per heavy atom. The van der Waals surface area contributed by atoms with Crippen molar-refractivity contribution in [2.45, 2.75) is 13.0 Å². The van der Waals surface area contributed by atoms with Gasteiger partial charge in [0.25, 0.3) is 0 Å². The van der Waals surface area contributed by atoms with E-state index in [4.69, 9.17) is 16.6 Å². The molecule has 0 unspecified atom stereocenters. The first kappa shape index (κ1) is 22.1. The Kier molecular flexibility index (Phi) is 5.75. The molecule has 0 fully saturated rings. The molecule has 0 saturated heterocycles. The first-order chi connectivity index (χ1) is 17.6. The van der Waals surface area contributed by atoms with Gasteiger partial charge in [0.2, 0.25) is 0 Å². The van der Waals surface area contributed by atoms with E-state index in [1.165, 1.54) is 11.1 Å². The summed E-state index contributed by atoms with van der Waals surface area (Å²) < 4.78 is 2.01. The van der Waals surface area contributed by atoms with Crippen molar-refractivity contribution in [2.75, 3.05) is 22.1 Å². The van der Waals surface area contributed by atoms with Crippen molar-refractivity contribution in [2.24, 2.45) is 0 Å². The lowest BCUT2D eigenvalue weighted by atomic mass is 10.00. The molecule has 3 aromatic carbocycles. The van der Waals surface area contributed by atoms with E-state index in [0.29, 0.717) is 16.4 Å². The van der Waals surface area contributed by atoms with Gasteiger partial charge in [0.05, 0.1) is 5.69 Å². The summed E-state index contributed by atoms with van der Waals surface area (Å²) in [4.78, 5) is 24.4. The molecule has 1 aliphatic heterocycles. The summed E-state index contributed by atoms with van der Waals surface area (Å²) in [5.74, 6) is 0.853. The van der Waals surface area contributed by atoms with Crippen molar-refractivity contribution >= 4 is 40.5 Å². The van der Waals surface area contributed by atoms with E-state index in [1.807, 2.05) is 41.1 Å². The number of halogens is 1. The Balaban J connectivity index is 1.28. The number of hydrogen-bond acceptors (Lipinski definition) is 4. The molecule has 178 valence electrons. The number of anilines is 3. The number of amides is 2. The number of imidazole rings is 1. The topological polar surface area (TPSA) is 74.6 Å². The standard InChI is InChI=1S/C28H23ClN6O/c29-22-8-10-23(11-9-22)31-28(36)32-24-7-3-6-20(16-24)25-18-35-15-13-30-26(35)27(33-25)34-14-12-19-4-1-2-5-21(19)17-34/h1-11,13,15-16,18H,12,14,17H2,(H2,31,32,36). The van der Waals surface area contributed by atoms with Gasteiger partial charge in [-0.2, -0.15) is 0 Å². The van der Waals surface area contributed by atoms with E-state index in [0.717, 1.165) is 42.2 Å². The molecule has 0 atom stereocenters. The average Bonchev–Trinajstić information content (AvgIpc) is 3.38. The number of nitrogens with zero attached hydrogens (tertiary/aromatic N) is 4. The zero-order valence-electron chi connectivity index (χ0n) is 19.4. The van der Waals surface area contributed by atoms with E-state index >= 15 is 0 Å². The van der Waals surface area contributed by atoms with Gasteiger partial charge in [0, 0.05) is 53.6 Å². The van der Waals surface area contributed by atoms with Gasteiger partial charge < -0.3 is 19.9 Å². The molecule has 3 heterocycles. The predicted molar refractivity (Wildman–Crippen MR) is 144 cm³/mol. The second-order valence-corrected chi connectivity index (χ2v) is 9.15. The maximum absolute atomic E-state index is 12.5. The van der Waals surface area contributed by atoms with Gasteiger partial charge in [-0.1, -0.05) is 48.0 Å². The molecule has 0 radical (unpaired) electrons.